The van der Waals surface area contributed by atoms with Crippen molar-refractivity contribution < 1.29 is 9.53 Å². The van der Waals surface area contributed by atoms with Crippen LogP contribution in [0.25, 0.3) is 5.69 Å². The summed E-state index contributed by atoms with van der Waals surface area (Å²) >= 11 is 0. The average Bonchev–Trinajstić information content (AvgIpc) is 3.05. The van der Waals surface area contributed by atoms with E-state index in [9.17, 15) is 10.1 Å². The van der Waals surface area contributed by atoms with Crippen molar-refractivity contribution in [1.29, 1.82) is 5.26 Å². The molecular weight excluding hydrogens is 366 g/mol. The van der Waals surface area contributed by atoms with Gasteiger partial charge in [-0.25, -0.2) is 4.68 Å². The number of nitrogens with zero attached hydrogens (tertiary/aromatic N) is 3. The third-order valence-electron chi connectivity index (χ3n) is 4.38. The lowest BCUT2D eigenvalue weighted by Gasteiger charge is -2.07. The van der Waals surface area contributed by atoms with Crippen molar-refractivity contribution in [3.05, 3.63) is 71.4 Å². The molecule has 0 aliphatic heterocycles. The number of carbonyl (C=O) groups excluding carboxylic acids is 1. The fourth-order valence-corrected chi connectivity index (χ4v) is 2.93. The fourth-order valence-electron chi connectivity index (χ4n) is 2.93. The molecule has 0 fully saturated rings. The SMILES string of the molecule is Cc1cccc(OCC(=O)NCCCc2nn(-c3ccccc3)c(N)c2C#N)c1. The highest BCUT2D eigenvalue weighted by atomic mass is 16.5. The molecule has 29 heavy (non-hydrogen) atoms. The van der Waals surface area contributed by atoms with Gasteiger partial charge in [0.2, 0.25) is 0 Å². The van der Waals surface area contributed by atoms with Gasteiger partial charge >= 0.3 is 0 Å². The second kappa shape index (κ2) is 9.42. The van der Waals surface area contributed by atoms with Crippen LogP contribution in [0.5, 0.6) is 5.75 Å². The van der Waals surface area contributed by atoms with Crippen molar-refractivity contribution >= 4 is 11.7 Å². The van der Waals surface area contributed by atoms with Gasteiger partial charge < -0.3 is 15.8 Å². The third kappa shape index (κ3) is 5.14. The van der Waals surface area contributed by atoms with Crippen LogP contribution in [0.4, 0.5) is 5.82 Å². The molecule has 0 aliphatic rings. The molecule has 0 atom stereocenters. The first-order valence-electron chi connectivity index (χ1n) is 9.37. The van der Waals surface area contributed by atoms with Gasteiger partial charge in [0.25, 0.3) is 5.91 Å². The third-order valence-corrected chi connectivity index (χ3v) is 4.38. The number of para-hydroxylation sites is 1. The maximum absolute atomic E-state index is 12.0. The lowest BCUT2D eigenvalue weighted by Crippen LogP contribution is -2.30. The summed E-state index contributed by atoms with van der Waals surface area (Å²) in [7, 11) is 0. The van der Waals surface area contributed by atoms with Crippen molar-refractivity contribution in [2.24, 2.45) is 0 Å². The van der Waals surface area contributed by atoms with Gasteiger partial charge in [0, 0.05) is 6.54 Å². The predicted octanol–water partition coefficient (Wildman–Crippen LogP) is 2.76. The number of nitriles is 1. The van der Waals surface area contributed by atoms with Gasteiger partial charge in [-0.3, -0.25) is 4.79 Å². The largest absolute Gasteiger partial charge is 0.484 e. The maximum Gasteiger partial charge on any atom is 0.257 e. The van der Waals surface area contributed by atoms with Crippen LogP contribution in [-0.2, 0) is 11.2 Å². The van der Waals surface area contributed by atoms with Crippen molar-refractivity contribution in [2.45, 2.75) is 19.8 Å². The lowest BCUT2D eigenvalue weighted by atomic mass is 10.1. The van der Waals surface area contributed by atoms with E-state index in [2.05, 4.69) is 16.5 Å². The lowest BCUT2D eigenvalue weighted by molar-refractivity contribution is -0.123. The Bertz CT molecular complexity index is 1020. The van der Waals surface area contributed by atoms with Crippen molar-refractivity contribution in [2.75, 3.05) is 18.9 Å². The summed E-state index contributed by atoms with van der Waals surface area (Å²) in [6, 6.07) is 19.1. The number of nitrogens with two attached hydrogens (primary N) is 1. The average molecular weight is 389 g/mol. The number of hydrogen-bond acceptors (Lipinski definition) is 5. The van der Waals surface area contributed by atoms with Gasteiger partial charge in [0.05, 0.1) is 11.4 Å². The van der Waals surface area contributed by atoms with Crippen LogP contribution in [0.1, 0.15) is 23.2 Å². The Kier molecular flexibility index (Phi) is 6.48. The number of ether oxygens (including phenoxy) is 1. The first-order valence-corrected chi connectivity index (χ1v) is 9.37. The zero-order valence-electron chi connectivity index (χ0n) is 16.3. The van der Waals surface area contributed by atoms with E-state index in [1.807, 2.05) is 61.5 Å². The molecule has 1 amide bonds. The molecule has 2 aromatic carbocycles. The van der Waals surface area contributed by atoms with E-state index in [0.717, 1.165) is 11.3 Å². The monoisotopic (exact) mass is 389 g/mol. The number of anilines is 1. The molecule has 3 rings (SSSR count). The zero-order valence-corrected chi connectivity index (χ0v) is 16.3. The van der Waals surface area contributed by atoms with Gasteiger partial charge in [-0.15, -0.1) is 0 Å². The molecular formula is C22H23N5O2. The molecule has 7 heteroatoms. The van der Waals surface area contributed by atoms with E-state index in [-0.39, 0.29) is 12.5 Å². The molecule has 0 aliphatic carbocycles. The highest BCUT2D eigenvalue weighted by Gasteiger charge is 2.16. The Balaban J connectivity index is 1.50. The number of hydrogen-bond donors (Lipinski definition) is 2. The first kappa shape index (κ1) is 20.0. The van der Waals surface area contributed by atoms with E-state index in [4.69, 9.17) is 10.5 Å². The number of rotatable bonds is 8. The Morgan fingerprint density at radius 3 is 2.76 bits per heavy atom. The van der Waals surface area contributed by atoms with Crippen LogP contribution in [0, 0.1) is 18.3 Å². The molecule has 0 bridgehead atoms. The number of aromatic nitrogens is 2. The second-order valence-corrected chi connectivity index (χ2v) is 6.62. The minimum Gasteiger partial charge on any atom is -0.484 e. The van der Waals surface area contributed by atoms with E-state index in [1.165, 1.54) is 0 Å². The van der Waals surface area contributed by atoms with Gasteiger partial charge in [-0.2, -0.15) is 10.4 Å². The zero-order chi connectivity index (χ0) is 20.6. The van der Waals surface area contributed by atoms with Gasteiger partial charge in [0.15, 0.2) is 6.61 Å². The number of benzene rings is 2. The number of nitrogens with one attached hydrogen (secondary N) is 1. The standard InChI is InChI=1S/C22H23N5O2/c1-16-7-5-10-18(13-16)29-15-21(28)25-12-6-11-20-19(14-23)22(24)27(26-20)17-8-3-2-4-9-17/h2-5,7-10,13H,6,11-12,15,24H2,1H3,(H,25,28). The van der Waals surface area contributed by atoms with Crippen LogP contribution in [0.2, 0.25) is 0 Å². The van der Waals surface area contributed by atoms with Crippen LogP contribution in [0.3, 0.4) is 0 Å². The van der Waals surface area contributed by atoms with Crippen molar-refractivity contribution in [3.63, 3.8) is 0 Å². The molecule has 0 radical (unpaired) electrons. The van der Waals surface area contributed by atoms with Crippen LogP contribution < -0.4 is 15.8 Å². The second-order valence-electron chi connectivity index (χ2n) is 6.62. The van der Waals surface area contributed by atoms with E-state index < -0.39 is 0 Å². The molecule has 0 unspecified atom stereocenters. The highest BCUT2D eigenvalue weighted by Crippen LogP contribution is 2.21. The first-order chi connectivity index (χ1) is 14.1. The molecule has 3 aromatic rings. The highest BCUT2D eigenvalue weighted by molar-refractivity contribution is 5.77. The molecule has 1 heterocycles. The van der Waals surface area contributed by atoms with Crippen LogP contribution >= 0.6 is 0 Å². The summed E-state index contributed by atoms with van der Waals surface area (Å²) in [5.41, 5.74) is 8.97. The summed E-state index contributed by atoms with van der Waals surface area (Å²) in [6.45, 7) is 2.38. The maximum atomic E-state index is 12.0. The molecule has 148 valence electrons. The quantitative estimate of drug-likeness (QED) is 0.576. The van der Waals surface area contributed by atoms with Crippen molar-refractivity contribution in [1.82, 2.24) is 15.1 Å². The molecule has 0 spiro atoms. The minimum atomic E-state index is -0.193. The van der Waals surface area contributed by atoms with Crippen LogP contribution in [0.15, 0.2) is 54.6 Å². The smallest absolute Gasteiger partial charge is 0.257 e. The summed E-state index contributed by atoms with van der Waals surface area (Å²) < 4.78 is 7.05. The Hall–Kier alpha value is -3.79. The Labute approximate surface area is 169 Å². The fraction of sp³-hybridized carbons (Fsp3) is 0.227. The topological polar surface area (TPSA) is 106 Å². The van der Waals surface area contributed by atoms with E-state index in [1.54, 1.807) is 4.68 Å². The number of aryl methyl sites for hydroxylation is 2. The van der Waals surface area contributed by atoms with Gasteiger partial charge in [-0.05, 0) is 49.6 Å². The van der Waals surface area contributed by atoms with Crippen LogP contribution in [-0.4, -0.2) is 28.8 Å². The number of carbonyl (C=O) groups is 1. The molecule has 3 N–H and O–H groups in total. The number of amides is 1. The molecule has 1 aromatic heterocycles. The normalized spacial score (nSPS) is 10.3. The number of nitrogen functional groups attached to an aromatic ring is 1. The Morgan fingerprint density at radius 2 is 2.03 bits per heavy atom. The van der Waals surface area contributed by atoms with Crippen molar-refractivity contribution in [3.8, 4) is 17.5 Å². The summed E-state index contributed by atoms with van der Waals surface area (Å²) in [5.74, 6) is 0.798. The van der Waals surface area contributed by atoms with Gasteiger partial charge in [-0.1, -0.05) is 30.3 Å². The molecule has 0 saturated carbocycles. The van der Waals surface area contributed by atoms with E-state index in [0.29, 0.717) is 42.2 Å². The minimum absolute atomic E-state index is 0.0392. The van der Waals surface area contributed by atoms with E-state index >= 15 is 0 Å². The predicted molar refractivity (Wildman–Crippen MR) is 111 cm³/mol. The molecule has 7 nitrogen and oxygen atoms in total. The summed E-state index contributed by atoms with van der Waals surface area (Å²) in [4.78, 5) is 12.0. The van der Waals surface area contributed by atoms with Gasteiger partial charge in [0.1, 0.15) is 23.2 Å². The summed E-state index contributed by atoms with van der Waals surface area (Å²) in [6.07, 6.45) is 1.17. The Morgan fingerprint density at radius 1 is 1.24 bits per heavy atom. The summed E-state index contributed by atoms with van der Waals surface area (Å²) in [5, 5.41) is 16.7. The molecule has 0 saturated heterocycles.